The standard InChI is InChI=1S/C19H16N4O2S/c1-10-6-7-13-14(8-10)26-18-15(13)17-21-16(22-23(17)9-20-18)11-4-2-3-5-12(11)19(24)25/h2-5,9-10H,6-8H2,1H3,(H,24,25)/t10-/m1/s1. The average Bonchev–Trinajstić information content (AvgIpc) is 3.21. The minimum Gasteiger partial charge on any atom is -0.478 e. The first-order valence-corrected chi connectivity index (χ1v) is 9.42. The Kier molecular flexibility index (Phi) is 3.33. The summed E-state index contributed by atoms with van der Waals surface area (Å²) in [5, 5.41) is 15.0. The summed E-state index contributed by atoms with van der Waals surface area (Å²) in [5.41, 5.74) is 2.83. The maximum absolute atomic E-state index is 11.5. The van der Waals surface area contributed by atoms with E-state index in [1.165, 1.54) is 16.9 Å². The summed E-state index contributed by atoms with van der Waals surface area (Å²) in [6, 6.07) is 6.83. The second kappa shape index (κ2) is 5.60. The van der Waals surface area contributed by atoms with Crippen molar-refractivity contribution in [3.63, 3.8) is 0 Å². The number of benzene rings is 1. The average molecular weight is 364 g/mol. The number of hydrogen-bond donors (Lipinski definition) is 1. The number of aromatic carboxylic acids is 1. The molecule has 6 nitrogen and oxygen atoms in total. The number of hydrogen-bond acceptors (Lipinski definition) is 5. The van der Waals surface area contributed by atoms with Gasteiger partial charge in [0.15, 0.2) is 11.5 Å². The van der Waals surface area contributed by atoms with Crippen molar-refractivity contribution in [3.05, 3.63) is 46.6 Å². The van der Waals surface area contributed by atoms with Crippen LogP contribution >= 0.6 is 11.3 Å². The highest BCUT2D eigenvalue weighted by Gasteiger charge is 2.24. The normalized spacial score (nSPS) is 16.9. The summed E-state index contributed by atoms with van der Waals surface area (Å²) in [6.45, 7) is 2.29. The molecule has 1 N–H and O–H groups in total. The molecule has 3 aromatic heterocycles. The highest BCUT2D eigenvalue weighted by Crippen LogP contribution is 2.38. The number of rotatable bonds is 2. The summed E-state index contributed by atoms with van der Waals surface area (Å²) in [7, 11) is 0. The lowest BCUT2D eigenvalue weighted by atomic mass is 9.89. The van der Waals surface area contributed by atoms with E-state index in [0.29, 0.717) is 17.3 Å². The lowest BCUT2D eigenvalue weighted by Gasteiger charge is -2.17. The van der Waals surface area contributed by atoms with Crippen LogP contribution < -0.4 is 0 Å². The summed E-state index contributed by atoms with van der Waals surface area (Å²) in [4.78, 5) is 23.2. The van der Waals surface area contributed by atoms with Gasteiger partial charge in [-0.2, -0.15) is 0 Å². The molecule has 26 heavy (non-hydrogen) atoms. The number of fused-ring (bicyclic) bond motifs is 5. The monoisotopic (exact) mass is 364 g/mol. The van der Waals surface area contributed by atoms with E-state index in [1.807, 2.05) is 0 Å². The lowest BCUT2D eigenvalue weighted by molar-refractivity contribution is 0.0697. The number of thiophene rings is 1. The van der Waals surface area contributed by atoms with Gasteiger partial charge in [-0.15, -0.1) is 16.4 Å². The lowest BCUT2D eigenvalue weighted by Crippen LogP contribution is -2.08. The van der Waals surface area contributed by atoms with Gasteiger partial charge in [0.05, 0.1) is 10.9 Å². The minimum atomic E-state index is -0.982. The first-order valence-electron chi connectivity index (χ1n) is 8.60. The Labute approximate surface area is 153 Å². The molecule has 0 saturated carbocycles. The van der Waals surface area contributed by atoms with Crippen LogP contribution in [0.4, 0.5) is 0 Å². The molecule has 4 aromatic rings. The predicted molar refractivity (Wildman–Crippen MR) is 99.7 cm³/mol. The van der Waals surface area contributed by atoms with E-state index in [9.17, 15) is 9.90 Å². The van der Waals surface area contributed by atoms with Crippen molar-refractivity contribution in [2.24, 2.45) is 5.92 Å². The van der Waals surface area contributed by atoms with E-state index in [2.05, 4.69) is 17.0 Å². The zero-order valence-corrected chi connectivity index (χ0v) is 15.0. The number of nitrogens with zero attached hydrogens (tertiary/aromatic N) is 4. The first-order chi connectivity index (χ1) is 12.6. The van der Waals surface area contributed by atoms with Crippen LogP contribution in [0.25, 0.3) is 27.3 Å². The Balaban J connectivity index is 1.76. The predicted octanol–water partition coefficient (Wildman–Crippen LogP) is 3.83. The first kappa shape index (κ1) is 15.5. The zero-order valence-electron chi connectivity index (χ0n) is 14.1. The maximum atomic E-state index is 11.5. The van der Waals surface area contributed by atoms with Crippen LogP contribution in [0.1, 0.15) is 34.1 Å². The largest absolute Gasteiger partial charge is 0.478 e. The fourth-order valence-electron chi connectivity index (χ4n) is 3.72. The van der Waals surface area contributed by atoms with Crippen LogP contribution in [0.5, 0.6) is 0 Å². The van der Waals surface area contributed by atoms with Crippen molar-refractivity contribution in [2.45, 2.75) is 26.2 Å². The van der Waals surface area contributed by atoms with Gasteiger partial charge in [0.1, 0.15) is 11.2 Å². The molecule has 3 heterocycles. The molecule has 1 atom stereocenters. The van der Waals surface area contributed by atoms with E-state index in [4.69, 9.17) is 4.98 Å². The van der Waals surface area contributed by atoms with Gasteiger partial charge in [-0.05, 0) is 36.8 Å². The zero-order chi connectivity index (χ0) is 17.8. The molecular formula is C19H16N4O2S. The molecule has 0 amide bonds. The Bertz CT molecular complexity index is 1180. The molecule has 0 bridgehead atoms. The summed E-state index contributed by atoms with van der Waals surface area (Å²) >= 11 is 1.75. The second-order valence-corrected chi connectivity index (χ2v) is 7.91. The van der Waals surface area contributed by atoms with Crippen molar-refractivity contribution < 1.29 is 9.90 Å². The van der Waals surface area contributed by atoms with Crippen molar-refractivity contribution >= 4 is 33.2 Å². The van der Waals surface area contributed by atoms with Gasteiger partial charge in [-0.1, -0.05) is 25.1 Å². The van der Waals surface area contributed by atoms with Crippen molar-refractivity contribution in [2.75, 3.05) is 0 Å². The van der Waals surface area contributed by atoms with Gasteiger partial charge in [0.25, 0.3) is 0 Å². The van der Waals surface area contributed by atoms with Gasteiger partial charge in [-0.25, -0.2) is 19.3 Å². The minimum absolute atomic E-state index is 0.203. The Morgan fingerprint density at radius 2 is 2.19 bits per heavy atom. The maximum Gasteiger partial charge on any atom is 0.336 e. The smallest absolute Gasteiger partial charge is 0.336 e. The Morgan fingerprint density at radius 1 is 1.35 bits per heavy atom. The van der Waals surface area contributed by atoms with Crippen LogP contribution in [-0.4, -0.2) is 30.7 Å². The van der Waals surface area contributed by atoms with E-state index >= 15 is 0 Å². The van der Waals surface area contributed by atoms with Gasteiger partial charge in [0, 0.05) is 10.4 Å². The highest BCUT2D eigenvalue weighted by molar-refractivity contribution is 7.19. The molecule has 1 aromatic carbocycles. The molecule has 1 aliphatic carbocycles. The van der Waals surface area contributed by atoms with Crippen LogP contribution in [-0.2, 0) is 12.8 Å². The van der Waals surface area contributed by atoms with Crippen LogP contribution in [0.15, 0.2) is 30.6 Å². The van der Waals surface area contributed by atoms with Crippen molar-refractivity contribution in [1.29, 1.82) is 0 Å². The number of aryl methyl sites for hydroxylation is 1. The number of aromatic nitrogens is 4. The fourth-order valence-corrected chi connectivity index (χ4v) is 5.06. The molecule has 1 aliphatic rings. The van der Waals surface area contributed by atoms with E-state index in [1.54, 1.807) is 46.4 Å². The van der Waals surface area contributed by atoms with Gasteiger partial charge in [-0.3, -0.25) is 0 Å². The van der Waals surface area contributed by atoms with E-state index in [-0.39, 0.29) is 5.56 Å². The molecule has 0 saturated heterocycles. The van der Waals surface area contributed by atoms with E-state index in [0.717, 1.165) is 28.7 Å². The topological polar surface area (TPSA) is 80.4 Å². The molecule has 0 radical (unpaired) electrons. The summed E-state index contributed by atoms with van der Waals surface area (Å²) in [5.74, 6) is 0.133. The third-order valence-electron chi connectivity index (χ3n) is 5.03. The molecule has 7 heteroatoms. The molecule has 130 valence electrons. The number of carboxylic acids is 1. The number of carbonyl (C=O) groups is 1. The quantitative estimate of drug-likeness (QED) is 0.585. The van der Waals surface area contributed by atoms with Crippen LogP contribution in [0.2, 0.25) is 0 Å². The summed E-state index contributed by atoms with van der Waals surface area (Å²) < 4.78 is 1.67. The number of carboxylic acid groups (broad SMARTS) is 1. The van der Waals surface area contributed by atoms with Crippen LogP contribution in [0.3, 0.4) is 0 Å². The molecule has 0 unspecified atom stereocenters. The molecule has 5 rings (SSSR count). The van der Waals surface area contributed by atoms with Gasteiger partial charge < -0.3 is 5.11 Å². The molecule has 0 fully saturated rings. The van der Waals surface area contributed by atoms with Crippen LogP contribution in [0, 0.1) is 5.92 Å². The van der Waals surface area contributed by atoms with E-state index < -0.39 is 5.97 Å². The Hall–Kier alpha value is -2.80. The third kappa shape index (κ3) is 2.24. The SMILES string of the molecule is C[C@@H]1CCc2c(sc3ncn4nc(-c5ccccc5C(=O)O)nc4c23)C1. The second-order valence-electron chi connectivity index (χ2n) is 6.83. The Morgan fingerprint density at radius 3 is 3.04 bits per heavy atom. The van der Waals surface area contributed by atoms with Crippen molar-refractivity contribution in [3.8, 4) is 11.4 Å². The van der Waals surface area contributed by atoms with Gasteiger partial charge in [0.2, 0.25) is 0 Å². The summed E-state index contributed by atoms with van der Waals surface area (Å²) in [6.07, 6.45) is 4.96. The fraction of sp³-hybridized carbons (Fsp3) is 0.263. The van der Waals surface area contributed by atoms with Crippen molar-refractivity contribution in [1.82, 2.24) is 19.6 Å². The highest BCUT2D eigenvalue weighted by atomic mass is 32.1. The molecule has 0 spiro atoms. The third-order valence-corrected chi connectivity index (χ3v) is 6.19. The molecule has 0 aliphatic heterocycles. The van der Waals surface area contributed by atoms with Gasteiger partial charge >= 0.3 is 5.97 Å². The molecular weight excluding hydrogens is 348 g/mol.